The van der Waals surface area contributed by atoms with E-state index < -0.39 is 11.6 Å². The van der Waals surface area contributed by atoms with Crippen LogP contribution >= 0.6 is 0 Å². The number of hydrogen-bond acceptors (Lipinski definition) is 6. The van der Waals surface area contributed by atoms with Crippen molar-refractivity contribution in [1.82, 2.24) is 20.2 Å². The number of esters is 1. The molecule has 0 aliphatic heterocycles. The standard InChI is InChI=1S/C13H16N4O3/c1-3-20-12(18)11-14-15-16-17(11)9-13(2,19)10-7-5-4-6-8-10/h4-8,19H,3,9H2,1-2H3. The lowest BCUT2D eigenvalue weighted by atomic mass is 9.96. The van der Waals surface area contributed by atoms with Crippen LogP contribution in [0.1, 0.15) is 30.0 Å². The third-order valence-electron chi connectivity index (χ3n) is 2.84. The van der Waals surface area contributed by atoms with E-state index in [0.29, 0.717) is 5.56 Å². The van der Waals surface area contributed by atoms with Crippen LogP contribution in [0.3, 0.4) is 0 Å². The Morgan fingerprint density at radius 2 is 2.10 bits per heavy atom. The molecule has 0 radical (unpaired) electrons. The maximum Gasteiger partial charge on any atom is 0.378 e. The van der Waals surface area contributed by atoms with Gasteiger partial charge < -0.3 is 9.84 Å². The molecule has 1 aromatic carbocycles. The van der Waals surface area contributed by atoms with E-state index in [4.69, 9.17) is 4.74 Å². The summed E-state index contributed by atoms with van der Waals surface area (Å²) in [5, 5.41) is 21.3. The van der Waals surface area contributed by atoms with Crippen molar-refractivity contribution in [1.29, 1.82) is 0 Å². The minimum absolute atomic E-state index is 0.0249. The van der Waals surface area contributed by atoms with Gasteiger partial charge >= 0.3 is 5.97 Å². The van der Waals surface area contributed by atoms with Crippen molar-refractivity contribution in [3.8, 4) is 0 Å². The van der Waals surface area contributed by atoms with Crippen molar-refractivity contribution in [3.05, 3.63) is 41.7 Å². The molecule has 0 saturated heterocycles. The Kier molecular flexibility index (Phi) is 4.09. The van der Waals surface area contributed by atoms with E-state index in [-0.39, 0.29) is 19.0 Å². The van der Waals surface area contributed by atoms with Crippen LogP contribution in [0, 0.1) is 0 Å². The van der Waals surface area contributed by atoms with Crippen LogP contribution in [-0.4, -0.2) is 37.9 Å². The first-order valence-corrected chi connectivity index (χ1v) is 6.26. The van der Waals surface area contributed by atoms with Gasteiger partial charge in [-0.05, 0) is 29.8 Å². The maximum atomic E-state index is 11.7. The summed E-state index contributed by atoms with van der Waals surface area (Å²) < 4.78 is 6.10. The topological polar surface area (TPSA) is 90.1 Å². The van der Waals surface area contributed by atoms with Gasteiger partial charge in [0.1, 0.15) is 5.60 Å². The minimum Gasteiger partial charge on any atom is -0.460 e. The Bertz CT molecular complexity index is 580. The lowest BCUT2D eigenvalue weighted by Gasteiger charge is -2.23. The first-order chi connectivity index (χ1) is 9.54. The lowest BCUT2D eigenvalue weighted by molar-refractivity contribution is 0.0301. The summed E-state index contributed by atoms with van der Waals surface area (Å²) in [6.45, 7) is 3.63. The Hall–Kier alpha value is -2.28. The molecule has 106 valence electrons. The molecule has 2 aromatic rings. The first-order valence-electron chi connectivity index (χ1n) is 6.26. The van der Waals surface area contributed by atoms with Gasteiger partial charge in [-0.3, -0.25) is 0 Å². The molecular weight excluding hydrogens is 260 g/mol. The van der Waals surface area contributed by atoms with Crippen LogP contribution in [0.15, 0.2) is 30.3 Å². The quantitative estimate of drug-likeness (QED) is 0.811. The zero-order valence-corrected chi connectivity index (χ0v) is 11.4. The molecule has 20 heavy (non-hydrogen) atoms. The predicted octanol–water partition coefficient (Wildman–Crippen LogP) is 0.757. The van der Waals surface area contributed by atoms with Crippen molar-refractivity contribution in [3.63, 3.8) is 0 Å². The average molecular weight is 276 g/mol. The highest BCUT2D eigenvalue weighted by Gasteiger charge is 2.27. The summed E-state index contributed by atoms with van der Waals surface area (Å²) in [4.78, 5) is 11.7. The average Bonchev–Trinajstić information content (AvgIpc) is 2.87. The number of hydrogen-bond donors (Lipinski definition) is 1. The number of carbonyl (C=O) groups is 1. The fourth-order valence-corrected chi connectivity index (χ4v) is 1.83. The second-order valence-corrected chi connectivity index (χ2v) is 4.52. The zero-order valence-electron chi connectivity index (χ0n) is 11.4. The largest absolute Gasteiger partial charge is 0.460 e. The number of tetrazole rings is 1. The first kappa shape index (κ1) is 14.1. The fourth-order valence-electron chi connectivity index (χ4n) is 1.83. The van der Waals surface area contributed by atoms with Gasteiger partial charge in [0.25, 0.3) is 5.82 Å². The summed E-state index contributed by atoms with van der Waals surface area (Å²) in [6, 6.07) is 9.12. The molecule has 2 rings (SSSR count). The van der Waals surface area contributed by atoms with Crippen molar-refractivity contribution >= 4 is 5.97 Å². The molecule has 1 aromatic heterocycles. The number of aromatic nitrogens is 4. The van der Waals surface area contributed by atoms with Crippen molar-refractivity contribution < 1.29 is 14.6 Å². The molecule has 0 fully saturated rings. The van der Waals surface area contributed by atoms with Gasteiger partial charge in [0.05, 0.1) is 13.2 Å². The smallest absolute Gasteiger partial charge is 0.378 e. The predicted molar refractivity (Wildman–Crippen MR) is 69.8 cm³/mol. The van der Waals surface area contributed by atoms with Gasteiger partial charge in [0.2, 0.25) is 0 Å². The third kappa shape index (κ3) is 3.00. The number of ether oxygens (including phenoxy) is 1. The molecule has 0 spiro atoms. The summed E-state index contributed by atoms with van der Waals surface area (Å²) >= 11 is 0. The van der Waals surface area contributed by atoms with E-state index in [2.05, 4.69) is 15.5 Å². The van der Waals surface area contributed by atoms with E-state index in [1.165, 1.54) is 4.68 Å². The van der Waals surface area contributed by atoms with Crippen LogP contribution in [0.2, 0.25) is 0 Å². The van der Waals surface area contributed by atoms with E-state index >= 15 is 0 Å². The fraction of sp³-hybridized carbons (Fsp3) is 0.385. The summed E-state index contributed by atoms with van der Waals surface area (Å²) in [6.07, 6.45) is 0. The maximum absolute atomic E-state index is 11.7. The Labute approximate surface area is 116 Å². The SMILES string of the molecule is CCOC(=O)c1nnnn1CC(C)(O)c1ccccc1. The van der Waals surface area contributed by atoms with Gasteiger partial charge in [-0.2, -0.15) is 0 Å². The number of aliphatic hydroxyl groups is 1. The normalized spacial score (nSPS) is 13.8. The lowest BCUT2D eigenvalue weighted by Crippen LogP contribution is -2.30. The van der Waals surface area contributed by atoms with Gasteiger partial charge in [0.15, 0.2) is 0 Å². The van der Waals surface area contributed by atoms with Crippen LogP contribution in [-0.2, 0) is 16.9 Å². The van der Waals surface area contributed by atoms with Crippen molar-refractivity contribution in [2.45, 2.75) is 26.0 Å². The Balaban J connectivity index is 2.22. The molecule has 0 saturated carbocycles. The summed E-state index contributed by atoms with van der Waals surface area (Å²) in [7, 11) is 0. The van der Waals surface area contributed by atoms with Crippen molar-refractivity contribution in [2.24, 2.45) is 0 Å². The highest BCUT2D eigenvalue weighted by molar-refractivity contribution is 5.85. The van der Waals surface area contributed by atoms with Gasteiger partial charge in [-0.1, -0.05) is 30.3 Å². The molecule has 0 bridgehead atoms. The van der Waals surface area contributed by atoms with E-state index in [0.717, 1.165) is 0 Å². The molecule has 1 N–H and O–H groups in total. The van der Waals surface area contributed by atoms with Crippen LogP contribution < -0.4 is 0 Å². The van der Waals surface area contributed by atoms with Crippen LogP contribution in [0.5, 0.6) is 0 Å². The molecular formula is C13H16N4O3. The van der Waals surface area contributed by atoms with E-state index in [1.54, 1.807) is 26.0 Å². The molecule has 0 aliphatic carbocycles. The monoisotopic (exact) mass is 276 g/mol. The van der Waals surface area contributed by atoms with Crippen LogP contribution in [0.4, 0.5) is 0 Å². The van der Waals surface area contributed by atoms with E-state index in [1.807, 2.05) is 18.2 Å². The Morgan fingerprint density at radius 1 is 1.40 bits per heavy atom. The molecule has 0 aliphatic rings. The van der Waals surface area contributed by atoms with Crippen LogP contribution in [0.25, 0.3) is 0 Å². The summed E-state index contributed by atoms with van der Waals surface area (Å²) in [5.41, 5.74) is -0.483. The number of nitrogens with zero attached hydrogens (tertiary/aromatic N) is 4. The highest BCUT2D eigenvalue weighted by Crippen LogP contribution is 2.22. The number of rotatable bonds is 5. The van der Waals surface area contributed by atoms with E-state index in [9.17, 15) is 9.90 Å². The van der Waals surface area contributed by atoms with Crippen molar-refractivity contribution in [2.75, 3.05) is 6.61 Å². The molecule has 7 nitrogen and oxygen atoms in total. The minimum atomic E-state index is -1.20. The second kappa shape index (κ2) is 5.79. The number of carbonyl (C=O) groups excluding carboxylic acids is 1. The van der Waals surface area contributed by atoms with Gasteiger partial charge in [-0.15, -0.1) is 5.10 Å². The molecule has 1 heterocycles. The van der Waals surface area contributed by atoms with Gasteiger partial charge in [-0.25, -0.2) is 9.48 Å². The second-order valence-electron chi connectivity index (χ2n) is 4.52. The third-order valence-corrected chi connectivity index (χ3v) is 2.84. The number of benzene rings is 1. The molecule has 1 unspecified atom stereocenters. The summed E-state index contributed by atoms with van der Waals surface area (Å²) in [5.74, 6) is -0.635. The molecule has 7 heteroatoms. The molecule has 1 atom stereocenters. The molecule has 0 amide bonds. The Morgan fingerprint density at radius 3 is 2.75 bits per heavy atom. The zero-order chi connectivity index (χ0) is 14.6. The van der Waals surface area contributed by atoms with Gasteiger partial charge in [0, 0.05) is 0 Å². The highest BCUT2D eigenvalue weighted by atomic mass is 16.5.